The van der Waals surface area contributed by atoms with Crippen LogP contribution >= 0.6 is 0 Å². The van der Waals surface area contributed by atoms with Gasteiger partial charge in [-0.15, -0.1) is 0 Å². The predicted molar refractivity (Wildman–Crippen MR) is 154 cm³/mol. The number of hydrogen-bond donors (Lipinski definition) is 2. The molecule has 2 N–H and O–H groups in total. The molecule has 0 fully saturated rings. The molecule has 0 spiro atoms. The van der Waals surface area contributed by atoms with Crippen molar-refractivity contribution in [2.24, 2.45) is 0 Å². The van der Waals surface area contributed by atoms with Gasteiger partial charge in [0, 0.05) is 29.8 Å². The molecule has 1 heterocycles. The molecule has 0 atom stereocenters. The minimum atomic E-state index is -0.222. The van der Waals surface area contributed by atoms with Gasteiger partial charge in [-0.2, -0.15) is 0 Å². The molecule has 5 heteroatoms. The van der Waals surface area contributed by atoms with Crippen molar-refractivity contribution < 1.29 is 9.09 Å². The summed E-state index contributed by atoms with van der Waals surface area (Å²) >= 11 is 0. The van der Waals surface area contributed by atoms with E-state index in [-0.39, 0.29) is 10.5 Å². The molecule has 37 heavy (non-hydrogen) atoms. The highest BCUT2D eigenvalue weighted by molar-refractivity contribution is 5.75. The first-order valence-electron chi connectivity index (χ1n) is 13.4. The molecule has 2 aromatic carbocycles. The molecule has 0 aliphatic rings. The Morgan fingerprint density at radius 3 is 2.38 bits per heavy atom. The van der Waals surface area contributed by atoms with Crippen LogP contribution in [0.15, 0.2) is 60.4 Å². The first-order chi connectivity index (χ1) is 17.5. The molecule has 0 aliphatic carbocycles. The lowest BCUT2D eigenvalue weighted by molar-refractivity contribution is 0.628. The number of rotatable bonds is 13. The Kier molecular flexibility index (Phi) is 12.4. The van der Waals surface area contributed by atoms with Crippen LogP contribution in [0.5, 0.6) is 0 Å². The van der Waals surface area contributed by atoms with E-state index in [1.165, 1.54) is 51.2 Å². The molecule has 0 aliphatic heterocycles. The Balaban J connectivity index is 0.00000481. The number of allylic oxidation sites excluding steroid dienone is 1. The van der Waals surface area contributed by atoms with Crippen molar-refractivity contribution in [3.05, 3.63) is 99.8 Å². The Morgan fingerprint density at radius 2 is 1.70 bits per heavy atom. The van der Waals surface area contributed by atoms with Crippen LogP contribution in [0.1, 0.15) is 73.5 Å². The van der Waals surface area contributed by atoms with E-state index in [1.807, 2.05) is 6.20 Å². The number of anilines is 1. The lowest BCUT2D eigenvalue weighted by Gasteiger charge is -2.20. The average molecular weight is 508 g/mol. The summed E-state index contributed by atoms with van der Waals surface area (Å²) in [5.74, 6) is -0.222. The van der Waals surface area contributed by atoms with E-state index in [1.54, 1.807) is 12.1 Å². The standard InChI is InChI=1S/C32H42FN3.FH/c1-6-10-25-18-20-35-32(28(25)7-2)11-9-19-34-22-30(29-21-23(4)12-13-24(29)5)31(8-3)36-27-16-14-26(33)15-17-27;/h12-18,20-21,34,36H,6-11,19,22H2,1-5H3;1H/b31-30-;. The molecule has 1 aromatic heterocycles. The second-order valence-electron chi connectivity index (χ2n) is 9.54. The quantitative estimate of drug-likeness (QED) is 0.230. The molecule has 3 nitrogen and oxygen atoms in total. The summed E-state index contributed by atoms with van der Waals surface area (Å²) in [5, 5.41) is 7.27. The normalized spacial score (nSPS) is 11.6. The fourth-order valence-corrected chi connectivity index (χ4v) is 4.84. The molecule has 200 valence electrons. The van der Waals surface area contributed by atoms with Gasteiger partial charge in [0.2, 0.25) is 0 Å². The summed E-state index contributed by atoms with van der Waals surface area (Å²) in [6, 6.07) is 15.4. The first-order valence-corrected chi connectivity index (χ1v) is 13.4. The van der Waals surface area contributed by atoms with Crippen LogP contribution < -0.4 is 10.6 Å². The zero-order valence-corrected chi connectivity index (χ0v) is 23.1. The molecule has 3 aromatic rings. The third-order valence-electron chi connectivity index (χ3n) is 6.76. The van der Waals surface area contributed by atoms with Gasteiger partial charge in [0.25, 0.3) is 0 Å². The van der Waals surface area contributed by atoms with Crippen LogP contribution in [0.3, 0.4) is 0 Å². The number of benzene rings is 2. The summed E-state index contributed by atoms with van der Waals surface area (Å²) in [6.45, 7) is 12.6. The molecule has 0 bridgehead atoms. The maximum atomic E-state index is 13.4. The summed E-state index contributed by atoms with van der Waals surface area (Å²) in [6.07, 6.45) is 8.20. The number of pyridine rings is 1. The lowest BCUT2D eigenvalue weighted by atomic mass is 9.95. The fraction of sp³-hybridized carbons (Fsp3) is 0.406. The molecular formula is C32H43F2N3. The van der Waals surface area contributed by atoms with Crippen molar-refractivity contribution in [1.29, 1.82) is 0 Å². The maximum Gasteiger partial charge on any atom is 0.123 e. The second-order valence-corrected chi connectivity index (χ2v) is 9.54. The number of aryl methyl sites for hydroxylation is 4. The topological polar surface area (TPSA) is 37.0 Å². The van der Waals surface area contributed by atoms with Crippen molar-refractivity contribution in [2.75, 3.05) is 18.4 Å². The van der Waals surface area contributed by atoms with Crippen molar-refractivity contribution >= 4 is 11.3 Å². The Morgan fingerprint density at radius 1 is 0.946 bits per heavy atom. The Labute approximate surface area is 222 Å². The third-order valence-corrected chi connectivity index (χ3v) is 6.76. The van der Waals surface area contributed by atoms with Crippen molar-refractivity contribution in [3.8, 4) is 0 Å². The number of aromatic nitrogens is 1. The van der Waals surface area contributed by atoms with E-state index in [9.17, 15) is 4.39 Å². The molecular weight excluding hydrogens is 464 g/mol. The Hall–Kier alpha value is -3.05. The maximum absolute atomic E-state index is 13.4. The summed E-state index contributed by atoms with van der Waals surface area (Å²) in [4.78, 5) is 4.71. The minimum Gasteiger partial charge on any atom is -0.359 e. The van der Waals surface area contributed by atoms with E-state index in [2.05, 4.69) is 69.5 Å². The largest absolute Gasteiger partial charge is 0.359 e. The van der Waals surface area contributed by atoms with Gasteiger partial charge >= 0.3 is 0 Å². The predicted octanol–water partition coefficient (Wildman–Crippen LogP) is 7.96. The van der Waals surface area contributed by atoms with Crippen molar-refractivity contribution in [3.63, 3.8) is 0 Å². The van der Waals surface area contributed by atoms with Crippen LogP contribution in [0.25, 0.3) is 5.57 Å². The summed E-state index contributed by atoms with van der Waals surface area (Å²) in [7, 11) is 0. The van der Waals surface area contributed by atoms with Gasteiger partial charge in [-0.1, -0.05) is 51.0 Å². The average Bonchev–Trinajstić information content (AvgIpc) is 2.88. The highest BCUT2D eigenvalue weighted by Crippen LogP contribution is 2.26. The van der Waals surface area contributed by atoms with E-state index in [0.29, 0.717) is 0 Å². The molecule has 0 amide bonds. The molecule has 0 saturated heterocycles. The van der Waals surface area contributed by atoms with Gasteiger partial charge in [0.1, 0.15) is 5.82 Å². The van der Waals surface area contributed by atoms with Crippen molar-refractivity contribution in [1.82, 2.24) is 10.3 Å². The zero-order valence-electron chi connectivity index (χ0n) is 23.1. The van der Waals surface area contributed by atoms with Crippen LogP contribution in [0.4, 0.5) is 14.8 Å². The van der Waals surface area contributed by atoms with E-state index >= 15 is 0 Å². The van der Waals surface area contributed by atoms with Gasteiger partial charge in [-0.25, -0.2) is 4.39 Å². The monoisotopic (exact) mass is 507 g/mol. The van der Waals surface area contributed by atoms with Crippen molar-refractivity contribution in [2.45, 2.75) is 73.1 Å². The smallest absolute Gasteiger partial charge is 0.123 e. The number of nitrogens with zero attached hydrogens (tertiary/aromatic N) is 1. The molecule has 0 unspecified atom stereocenters. The highest BCUT2D eigenvalue weighted by atomic mass is 19.1. The first kappa shape index (κ1) is 30.2. The third kappa shape index (κ3) is 8.50. The van der Waals surface area contributed by atoms with Gasteiger partial charge in [0.15, 0.2) is 0 Å². The Bertz CT molecular complexity index is 1150. The lowest BCUT2D eigenvalue weighted by Crippen LogP contribution is -2.21. The molecule has 3 rings (SSSR count). The van der Waals surface area contributed by atoms with Crippen LogP contribution in [0, 0.1) is 19.7 Å². The minimum absolute atomic E-state index is 0. The number of halogens is 2. The SMILES string of the molecule is CCCc1ccnc(CCCNC/C(=C(\CC)Nc2ccc(F)cc2)c2cc(C)ccc2C)c1CC.F. The van der Waals surface area contributed by atoms with Gasteiger partial charge in [-0.05, 0) is 111 Å². The second kappa shape index (κ2) is 15.3. The summed E-state index contributed by atoms with van der Waals surface area (Å²) in [5.41, 5.74) is 11.2. The van der Waals surface area contributed by atoms with Crippen LogP contribution in [-0.2, 0) is 19.3 Å². The fourth-order valence-electron chi connectivity index (χ4n) is 4.84. The van der Waals surface area contributed by atoms with Gasteiger partial charge < -0.3 is 10.6 Å². The van der Waals surface area contributed by atoms with Gasteiger partial charge in [0.05, 0.1) is 0 Å². The number of hydrogen-bond acceptors (Lipinski definition) is 3. The van der Waals surface area contributed by atoms with Crippen LogP contribution in [0.2, 0.25) is 0 Å². The van der Waals surface area contributed by atoms with E-state index < -0.39 is 0 Å². The zero-order chi connectivity index (χ0) is 25.9. The van der Waals surface area contributed by atoms with E-state index in [0.717, 1.165) is 63.0 Å². The molecule has 0 radical (unpaired) electrons. The summed E-state index contributed by atoms with van der Waals surface area (Å²) < 4.78 is 13.4. The van der Waals surface area contributed by atoms with Crippen LogP contribution in [-0.4, -0.2) is 18.1 Å². The number of nitrogens with one attached hydrogen (secondary N) is 2. The highest BCUT2D eigenvalue weighted by Gasteiger charge is 2.13. The molecule has 0 saturated carbocycles. The van der Waals surface area contributed by atoms with Gasteiger partial charge in [-0.3, -0.25) is 9.69 Å². The van der Waals surface area contributed by atoms with E-state index in [4.69, 9.17) is 4.98 Å².